The van der Waals surface area contributed by atoms with Crippen molar-refractivity contribution in [2.45, 2.75) is 65.1 Å². The summed E-state index contributed by atoms with van der Waals surface area (Å²) in [6.07, 6.45) is 4.20. The predicted octanol–water partition coefficient (Wildman–Crippen LogP) is 2.49. The fourth-order valence-corrected chi connectivity index (χ4v) is 3.08. The standard InChI is InChI=1S/C14H28N2/c1-10-7-11(2)13(4)16(9-10)12(3)8-15-14-5-6-14/h10-15H,5-9H2,1-4H3. The van der Waals surface area contributed by atoms with Crippen molar-refractivity contribution in [3.05, 3.63) is 0 Å². The highest BCUT2D eigenvalue weighted by Gasteiger charge is 2.32. The molecule has 2 heteroatoms. The number of nitrogens with one attached hydrogen (secondary N) is 1. The maximum absolute atomic E-state index is 3.66. The molecule has 2 aliphatic rings. The summed E-state index contributed by atoms with van der Waals surface area (Å²) in [4.78, 5) is 2.72. The molecule has 0 aromatic rings. The normalized spacial score (nSPS) is 38.6. The molecule has 94 valence electrons. The molecule has 0 aromatic heterocycles. The molecular weight excluding hydrogens is 196 g/mol. The molecule has 16 heavy (non-hydrogen) atoms. The summed E-state index contributed by atoms with van der Waals surface area (Å²) in [5.41, 5.74) is 0. The van der Waals surface area contributed by atoms with Gasteiger partial charge >= 0.3 is 0 Å². The maximum Gasteiger partial charge on any atom is 0.0195 e. The van der Waals surface area contributed by atoms with Crippen LogP contribution in [0.2, 0.25) is 0 Å². The lowest BCUT2D eigenvalue weighted by molar-refractivity contribution is 0.0464. The van der Waals surface area contributed by atoms with Crippen molar-refractivity contribution < 1.29 is 0 Å². The lowest BCUT2D eigenvalue weighted by atomic mass is 9.85. The van der Waals surface area contributed by atoms with Crippen molar-refractivity contribution in [2.75, 3.05) is 13.1 Å². The van der Waals surface area contributed by atoms with Crippen LogP contribution in [-0.2, 0) is 0 Å². The minimum absolute atomic E-state index is 0.695. The van der Waals surface area contributed by atoms with Gasteiger partial charge in [-0.15, -0.1) is 0 Å². The van der Waals surface area contributed by atoms with Crippen LogP contribution in [0.1, 0.15) is 47.0 Å². The van der Waals surface area contributed by atoms with Crippen LogP contribution in [0.4, 0.5) is 0 Å². The maximum atomic E-state index is 3.66. The van der Waals surface area contributed by atoms with E-state index in [2.05, 4.69) is 37.9 Å². The Kier molecular flexibility index (Phi) is 3.91. The van der Waals surface area contributed by atoms with Crippen LogP contribution in [0.15, 0.2) is 0 Å². The third-order valence-corrected chi connectivity index (χ3v) is 4.49. The van der Waals surface area contributed by atoms with E-state index in [1.165, 1.54) is 32.4 Å². The van der Waals surface area contributed by atoms with Crippen LogP contribution in [-0.4, -0.2) is 36.1 Å². The molecule has 1 heterocycles. The van der Waals surface area contributed by atoms with Crippen molar-refractivity contribution in [2.24, 2.45) is 11.8 Å². The Labute approximate surface area is 101 Å². The zero-order chi connectivity index (χ0) is 11.7. The van der Waals surface area contributed by atoms with E-state index in [0.717, 1.165) is 23.9 Å². The molecule has 0 bridgehead atoms. The first-order chi connectivity index (χ1) is 7.58. The van der Waals surface area contributed by atoms with Gasteiger partial charge in [0, 0.05) is 31.2 Å². The van der Waals surface area contributed by atoms with Gasteiger partial charge in [0.15, 0.2) is 0 Å². The van der Waals surface area contributed by atoms with Gasteiger partial charge in [0.25, 0.3) is 0 Å². The fraction of sp³-hybridized carbons (Fsp3) is 1.00. The second-order valence-corrected chi connectivity index (χ2v) is 6.29. The zero-order valence-electron chi connectivity index (χ0n) is 11.4. The average molecular weight is 224 g/mol. The first-order valence-corrected chi connectivity index (χ1v) is 7.07. The van der Waals surface area contributed by atoms with E-state index in [1.54, 1.807) is 0 Å². The number of piperidine rings is 1. The minimum atomic E-state index is 0.695. The Bertz CT molecular complexity index is 225. The van der Waals surface area contributed by atoms with Crippen LogP contribution < -0.4 is 5.32 Å². The Morgan fingerprint density at radius 2 is 1.94 bits per heavy atom. The van der Waals surface area contributed by atoms with Crippen molar-refractivity contribution in [3.8, 4) is 0 Å². The van der Waals surface area contributed by atoms with Crippen LogP contribution in [0, 0.1) is 11.8 Å². The quantitative estimate of drug-likeness (QED) is 0.789. The first-order valence-electron chi connectivity index (χ1n) is 7.07. The third-order valence-electron chi connectivity index (χ3n) is 4.49. The van der Waals surface area contributed by atoms with Crippen molar-refractivity contribution >= 4 is 0 Å². The van der Waals surface area contributed by atoms with Crippen molar-refractivity contribution in [1.82, 2.24) is 10.2 Å². The number of nitrogens with zero attached hydrogens (tertiary/aromatic N) is 1. The van der Waals surface area contributed by atoms with E-state index in [0.29, 0.717) is 6.04 Å². The zero-order valence-corrected chi connectivity index (χ0v) is 11.4. The molecule has 1 aliphatic carbocycles. The van der Waals surface area contributed by atoms with Crippen LogP contribution in [0.3, 0.4) is 0 Å². The summed E-state index contributed by atoms with van der Waals surface area (Å²) in [6.45, 7) is 12.1. The summed E-state index contributed by atoms with van der Waals surface area (Å²) in [7, 11) is 0. The summed E-state index contributed by atoms with van der Waals surface area (Å²) < 4.78 is 0. The highest BCUT2D eigenvalue weighted by Crippen LogP contribution is 2.28. The number of likely N-dealkylation sites (tertiary alicyclic amines) is 1. The second kappa shape index (κ2) is 5.05. The minimum Gasteiger partial charge on any atom is -0.312 e. The van der Waals surface area contributed by atoms with E-state index in [1.807, 2.05) is 0 Å². The lowest BCUT2D eigenvalue weighted by Gasteiger charge is -2.44. The molecule has 2 fully saturated rings. The van der Waals surface area contributed by atoms with E-state index in [-0.39, 0.29) is 0 Å². The Balaban J connectivity index is 1.84. The highest BCUT2D eigenvalue weighted by atomic mass is 15.2. The molecule has 0 spiro atoms. The van der Waals surface area contributed by atoms with Gasteiger partial charge in [-0.1, -0.05) is 13.8 Å². The number of rotatable bonds is 4. The van der Waals surface area contributed by atoms with Gasteiger partial charge in [-0.2, -0.15) is 0 Å². The van der Waals surface area contributed by atoms with Gasteiger partial charge in [0.2, 0.25) is 0 Å². The molecule has 0 radical (unpaired) electrons. The predicted molar refractivity (Wildman–Crippen MR) is 69.6 cm³/mol. The monoisotopic (exact) mass is 224 g/mol. The molecule has 1 saturated carbocycles. The van der Waals surface area contributed by atoms with Crippen molar-refractivity contribution in [3.63, 3.8) is 0 Å². The molecule has 1 N–H and O–H groups in total. The molecule has 2 rings (SSSR count). The Morgan fingerprint density at radius 1 is 1.25 bits per heavy atom. The molecule has 0 aromatic carbocycles. The fourth-order valence-electron chi connectivity index (χ4n) is 3.08. The molecule has 1 saturated heterocycles. The van der Waals surface area contributed by atoms with Gasteiger partial charge in [-0.25, -0.2) is 0 Å². The van der Waals surface area contributed by atoms with Crippen LogP contribution >= 0.6 is 0 Å². The van der Waals surface area contributed by atoms with E-state index < -0.39 is 0 Å². The van der Waals surface area contributed by atoms with Gasteiger partial charge in [0.1, 0.15) is 0 Å². The first kappa shape index (κ1) is 12.4. The van der Waals surface area contributed by atoms with Gasteiger partial charge < -0.3 is 5.32 Å². The van der Waals surface area contributed by atoms with Crippen LogP contribution in [0.25, 0.3) is 0 Å². The molecular formula is C14H28N2. The number of hydrogen-bond donors (Lipinski definition) is 1. The van der Waals surface area contributed by atoms with E-state index in [9.17, 15) is 0 Å². The highest BCUT2D eigenvalue weighted by molar-refractivity contribution is 4.88. The molecule has 4 atom stereocenters. The summed E-state index contributed by atoms with van der Waals surface area (Å²) in [6, 6.07) is 2.30. The molecule has 0 amide bonds. The molecule has 2 nitrogen and oxygen atoms in total. The smallest absolute Gasteiger partial charge is 0.0195 e. The van der Waals surface area contributed by atoms with Gasteiger partial charge in [-0.05, 0) is 44.9 Å². The lowest BCUT2D eigenvalue weighted by Crippen LogP contribution is -2.52. The van der Waals surface area contributed by atoms with E-state index in [4.69, 9.17) is 0 Å². The Hall–Kier alpha value is -0.0800. The summed E-state index contributed by atoms with van der Waals surface area (Å²) >= 11 is 0. The summed E-state index contributed by atoms with van der Waals surface area (Å²) in [5.74, 6) is 1.72. The Morgan fingerprint density at radius 3 is 2.56 bits per heavy atom. The van der Waals surface area contributed by atoms with Gasteiger partial charge in [-0.3, -0.25) is 4.90 Å². The molecule has 4 unspecified atom stereocenters. The molecule has 1 aliphatic heterocycles. The van der Waals surface area contributed by atoms with Crippen LogP contribution in [0.5, 0.6) is 0 Å². The SMILES string of the molecule is CC1CC(C)C(C)N(C(C)CNC2CC2)C1. The average Bonchev–Trinajstić information content (AvgIpc) is 3.03. The largest absolute Gasteiger partial charge is 0.312 e. The number of hydrogen-bond acceptors (Lipinski definition) is 2. The van der Waals surface area contributed by atoms with Crippen molar-refractivity contribution in [1.29, 1.82) is 0 Å². The topological polar surface area (TPSA) is 15.3 Å². The second-order valence-electron chi connectivity index (χ2n) is 6.29. The third kappa shape index (κ3) is 2.98. The summed E-state index contributed by atoms with van der Waals surface area (Å²) in [5, 5.41) is 3.66. The van der Waals surface area contributed by atoms with Gasteiger partial charge in [0.05, 0.1) is 0 Å². The van der Waals surface area contributed by atoms with E-state index >= 15 is 0 Å².